The van der Waals surface area contributed by atoms with E-state index < -0.39 is 23.4 Å². The molecule has 1 aliphatic heterocycles. The van der Waals surface area contributed by atoms with Crippen molar-refractivity contribution in [1.82, 2.24) is 4.98 Å². The van der Waals surface area contributed by atoms with Crippen molar-refractivity contribution < 1.29 is 22.0 Å². The molecule has 1 aromatic heterocycles. The Morgan fingerprint density at radius 3 is 2.47 bits per heavy atom. The number of amidine groups is 1. The molecule has 2 heterocycles. The highest BCUT2D eigenvalue weighted by Gasteiger charge is 2.34. The van der Waals surface area contributed by atoms with Gasteiger partial charge in [0.15, 0.2) is 17.5 Å². The molecule has 38 heavy (non-hydrogen) atoms. The number of benzene rings is 2. The SMILES string of the molecule is C=Cc1ccc(-c2ccc(CC(C)/C=C3/N=C(c4cccc(F)c4F)N=C3C=NC)nc2)c(C(F)(F)F)c1. The van der Waals surface area contributed by atoms with Crippen molar-refractivity contribution >= 4 is 23.8 Å². The lowest BCUT2D eigenvalue weighted by atomic mass is 9.97. The number of hydrogen-bond acceptors (Lipinski definition) is 4. The summed E-state index contributed by atoms with van der Waals surface area (Å²) < 4.78 is 68.9. The van der Waals surface area contributed by atoms with E-state index in [1.807, 2.05) is 13.0 Å². The molecule has 2 aromatic carbocycles. The van der Waals surface area contributed by atoms with Gasteiger partial charge in [-0.3, -0.25) is 9.98 Å². The van der Waals surface area contributed by atoms with Crippen molar-refractivity contribution in [2.24, 2.45) is 20.9 Å². The van der Waals surface area contributed by atoms with Crippen LogP contribution in [0.5, 0.6) is 0 Å². The number of aliphatic imine (C=N–C) groups is 3. The third-order valence-corrected chi connectivity index (χ3v) is 5.85. The van der Waals surface area contributed by atoms with Crippen LogP contribution in [0, 0.1) is 17.6 Å². The summed E-state index contributed by atoms with van der Waals surface area (Å²) in [7, 11) is 1.56. The fraction of sp³-hybridized carbons (Fsp3) is 0.172. The van der Waals surface area contributed by atoms with E-state index in [9.17, 15) is 22.0 Å². The number of alkyl halides is 3. The Bertz CT molecular complexity index is 1480. The van der Waals surface area contributed by atoms with E-state index in [1.165, 1.54) is 36.7 Å². The smallest absolute Gasteiger partial charge is 0.294 e. The van der Waals surface area contributed by atoms with Crippen LogP contribution in [0.4, 0.5) is 22.0 Å². The Morgan fingerprint density at radius 1 is 1.03 bits per heavy atom. The van der Waals surface area contributed by atoms with E-state index in [0.29, 0.717) is 34.7 Å². The van der Waals surface area contributed by atoms with Crippen LogP contribution in [-0.2, 0) is 12.6 Å². The highest BCUT2D eigenvalue weighted by Crippen LogP contribution is 2.37. The summed E-state index contributed by atoms with van der Waals surface area (Å²) in [5.74, 6) is -2.10. The predicted octanol–water partition coefficient (Wildman–Crippen LogP) is 7.35. The maximum Gasteiger partial charge on any atom is 0.417 e. The third-order valence-electron chi connectivity index (χ3n) is 5.85. The lowest BCUT2D eigenvalue weighted by Gasteiger charge is -2.14. The van der Waals surface area contributed by atoms with Crippen molar-refractivity contribution in [3.05, 3.63) is 107 Å². The van der Waals surface area contributed by atoms with Crippen molar-refractivity contribution in [1.29, 1.82) is 0 Å². The molecule has 0 fully saturated rings. The van der Waals surface area contributed by atoms with Crippen LogP contribution in [0.2, 0.25) is 0 Å². The summed E-state index contributed by atoms with van der Waals surface area (Å²) in [6.07, 6.45) is 2.02. The van der Waals surface area contributed by atoms with Crippen molar-refractivity contribution in [2.75, 3.05) is 7.05 Å². The van der Waals surface area contributed by atoms with Gasteiger partial charge in [-0.15, -0.1) is 0 Å². The molecule has 1 aliphatic rings. The first kappa shape index (κ1) is 26.8. The average Bonchev–Trinajstić information content (AvgIpc) is 3.27. The monoisotopic (exact) mass is 522 g/mol. The number of allylic oxidation sites excluding steroid dienone is 2. The van der Waals surface area contributed by atoms with Gasteiger partial charge in [0.2, 0.25) is 0 Å². The summed E-state index contributed by atoms with van der Waals surface area (Å²) in [5.41, 5.74) is 1.47. The topological polar surface area (TPSA) is 50.0 Å². The Morgan fingerprint density at radius 2 is 1.82 bits per heavy atom. The van der Waals surface area contributed by atoms with Gasteiger partial charge in [0, 0.05) is 30.7 Å². The summed E-state index contributed by atoms with van der Waals surface area (Å²) in [6, 6.07) is 11.1. The molecule has 4 nitrogen and oxygen atoms in total. The summed E-state index contributed by atoms with van der Waals surface area (Å²) in [6.45, 7) is 5.45. The molecule has 0 spiro atoms. The van der Waals surface area contributed by atoms with Crippen LogP contribution in [-0.4, -0.2) is 29.8 Å². The Balaban J connectivity index is 1.57. The predicted molar refractivity (Wildman–Crippen MR) is 140 cm³/mol. The maximum absolute atomic E-state index is 14.3. The molecule has 1 unspecified atom stereocenters. The normalized spacial score (nSPS) is 15.6. The molecule has 9 heteroatoms. The van der Waals surface area contributed by atoms with Crippen molar-refractivity contribution in [3.8, 4) is 11.1 Å². The standard InChI is InChI=1S/C29H23F5N4/c1-4-18-8-11-21(23(14-18)29(32,33)34)19-9-10-20(36-15-19)12-17(2)13-25-26(16-35-3)38-28(37-25)22-6-5-7-24(30)27(22)31/h4-11,13-17H,1,12H2,2-3H3/b25-13+,35-16?. The van der Waals surface area contributed by atoms with Gasteiger partial charge in [0.25, 0.3) is 0 Å². The van der Waals surface area contributed by atoms with E-state index >= 15 is 0 Å². The number of aromatic nitrogens is 1. The van der Waals surface area contributed by atoms with Gasteiger partial charge in [0.1, 0.15) is 5.71 Å². The van der Waals surface area contributed by atoms with E-state index in [0.717, 1.165) is 12.1 Å². The second kappa shape index (κ2) is 11.0. The second-order valence-electron chi connectivity index (χ2n) is 8.70. The summed E-state index contributed by atoms with van der Waals surface area (Å²) in [5, 5.41) is 0. The minimum absolute atomic E-state index is 0.0365. The lowest BCUT2D eigenvalue weighted by Crippen LogP contribution is -2.08. The molecule has 3 aromatic rings. The number of halogens is 5. The minimum Gasteiger partial charge on any atom is -0.294 e. The van der Waals surface area contributed by atoms with Gasteiger partial charge in [-0.2, -0.15) is 13.2 Å². The molecule has 0 N–H and O–H groups in total. The van der Waals surface area contributed by atoms with Gasteiger partial charge in [0.05, 0.1) is 16.8 Å². The molecule has 4 rings (SSSR count). The van der Waals surface area contributed by atoms with Gasteiger partial charge in [-0.1, -0.05) is 49.9 Å². The number of nitrogens with zero attached hydrogens (tertiary/aromatic N) is 4. The van der Waals surface area contributed by atoms with Crippen LogP contribution in [0.3, 0.4) is 0 Å². The Kier molecular flexibility index (Phi) is 7.75. The van der Waals surface area contributed by atoms with Crippen molar-refractivity contribution in [2.45, 2.75) is 19.5 Å². The van der Waals surface area contributed by atoms with Gasteiger partial charge in [-0.05, 0) is 47.7 Å². The molecular formula is C29H23F5N4. The molecule has 0 bridgehead atoms. The highest BCUT2D eigenvalue weighted by atomic mass is 19.4. The molecule has 0 radical (unpaired) electrons. The molecule has 0 saturated carbocycles. The Labute approximate surface area is 216 Å². The van der Waals surface area contributed by atoms with Gasteiger partial charge in [-0.25, -0.2) is 18.8 Å². The zero-order valence-corrected chi connectivity index (χ0v) is 20.6. The van der Waals surface area contributed by atoms with Crippen LogP contribution in [0.25, 0.3) is 17.2 Å². The fourth-order valence-electron chi connectivity index (χ4n) is 4.04. The fourth-order valence-corrected chi connectivity index (χ4v) is 4.04. The van der Waals surface area contributed by atoms with E-state index in [1.54, 1.807) is 25.2 Å². The van der Waals surface area contributed by atoms with E-state index in [2.05, 4.69) is 26.5 Å². The van der Waals surface area contributed by atoms with Crippen LogP contribution in [0.1, 0.15) is 29.3 Å². The largest absolute Gasteiger partial charge is 0.417 e. The van der Waals surface area contributed by atoms with Gasteiger partial charge < -0.3 is 0 Å². The van der Waals surface area contributed by atoms with Crippen LogP contribution >= 0.6 is 0 Å². The third kappa shape index (κ3) is 5.82. The number of rotatable bonds is 7. The first-order chi connectivity index (χ1) is 18.1. The first-order valence-corrected chi connectivity index (χ1v) is 11.7. The van der Waals surface area contributed by atoms with Crippen LogP contribution < -0.4 is 0 Å². The number of hydrogen-bond donors (Lipinski definition) is 0. The molecule has 1 atom stereocenters. The molecule has 194 valence electrons. The lowest BCUT2D eigenvalue weighted by molar-refractivity contribution is -0.137. The molecule has 0 saturated heterocycles. The molecular weight excluding hydrogens is 499 g/mol. The second-order valence-corrected chi connectivity index (χ2v) is 8.70. The summed E-state index contributed by atoms with van der Waals surface area (Å²) in [4.78, 5) is 17.0. The van der Waals surface area contributed by atoms with Gasteiger partial charge >= 0.3 is 6.18 Å². The quantitative estimate of drug-likeness (QED) is 0.236. The number of pyridine rings is 1. The molecule has 0 amide bonds. The zero-order valence-electron chi connectivity index (χ0n) is 20.6. The summed E-state index contributed by atoms with van der Waals surface area (Å²) >= 11 is 0. The molecule has 0 aliphatic carbocycles. The van der Waals surface area contributed by atoms with E-state index in [4.69, 9.17) is 0 Å². The zero-order chi connectivity index (χ0) is 27.4. The Hall–Kier alpha value is -4.27. The minimum atomic E-state index is -4.52. The van der Waals surface area contributed by atoms with Crippen molar-refractivity contribution in [3.63, 3.8) is 0 Å². The van der Waals surface area contributed by atoms with E-state index in [-0.39, 0.29) is 22.9 Å². The highest BCUT2D eigenvalue weighted by molar-refractivity contribution is 6.42. The maximum atomic E-state index is 14.3. The van der Waals surface area contributed by atoms with Crippen LogP contribution in [0.15, 0.2) is 88.1 Å². The average molecular weight is 523 g/mol. The first-order valence-electron chi connectivity index (χ1n) is 11.7.